The SMILES string of the molecule is CC1C[C@@H](C)CN([C@H]2CC[C@@]3(c4ccc(C(C)(C)C)cc4)O[C@@]23C)C1. The molecule has 2 saturated heterocycles. The van der Waals surface area contributed by atoms with Crippen molar-refractivity contribution < 1.29 is 4.74 Å². The number of hydrogen-bond acceptors (Lipinski definition) is 2. The number of rotatable bonds is 2. The molecule has 2 nitrogen and oxygen atoms in total. The molecule has 1 aliphatic carbocycles. The lowest BCUT2D eigenvalue weighted by Crippen LogP contribution is -2.49. The molecule has 0 bridgehead atoms. The molecule has 0 N–H and O–H groups in total. The molecule has 5 atom stereocenters. The summed E-state index contributed by atoms with van der Waals surface area (Å²) >= 11 is 0. The highest BCUT2D eigenvalue weighted by Gasteiger charge is 2.75. The number of ether oxygens (including phenoxy) is 1. The lowest BCUT2D eigenvalue weighted by Gasteiger charge is -2.40. The van der Waals surface area contributed by atoms with Crippen LogP contribution in [0.5, 0.6) is 0 Å². The van der Waals surface area contributed by atoms with Crippen molar-refractivity contribution >= 4 is 0 Å². The Morgan fingerprint density at radius 3 is 2.16 bits per heavy atom. The first-order valence-electron chi connectivity index (χ1n) is 10.2. The van der Waals surface area contributed by atoms with Crippen molar-refractivity contribution in [3.8, 4) is 0 Å². The van der Waals surface area contributed by atoms with Crippen molar-refractivity contribution in [1.29, 1.82) is 0 Å². The molecule has 138 valence electrons. The third kappa shape index (κ3) is 2.68. The van der Waals surface area contributed by atoms with E-state index in [1.807, 2.05) is 0 Å². The highest BCUT2D eigenvalue weighted by atomic mass is 16.6. The van der Waals surface area contributed by atoms with Crippen LogP contribution < -0.4 is 0 Å². The molecular weight excluding hydrogens is 306 g/mol. The predicted octanol–water partition coefficient (Wildman–Crippen LogP) is 5.11. The second-order valence-corrected chi connectivity index (χ2v) is 10.3. The number of fused-ring (bicyclic) bond motifs is 1. The van der Waals surface area contributed by atoms with Crippen LogP contribution in [0.3, 0.4) is 0 Å². The van der Waals surface area contributed by atoms with Gasteiger partial charge in [0.15, 0.2) is 0 Å². The van der Waals surface area contributed by atoms with Gasteiger partial charge in [-0.05, 0) is 54.6 Å². The molecule has 0 aromatic heterocycles. The number of nitrogens with zero attached hydrogens (tertiary/aromatic N) is 1. The van der Waals surface area contributed by atoms with Gasteiger partial charge in [0.25, 0.3) is 0 Å². The second-order valence-electron chi connectivity index (χ2n) is 10.3. The number of epoxide rings is 1. The van der Waals surface area contributed by atoms with Gasteiger partial charge in [-0.1, -0.05) is 58.9 Å². The Morgan fingerprint density at radius 2 is 1.64 bits per heavy atom. The monoisotopic (exact) mass is 341 g/mol. The number of hydrogen-bond donors (Lipinski definition) is 0. The highest BCUT2D eigenvalue weighted by Crippen LogP contribution is 2.67. The fourth-order valence-electron chi connectivity index (χ4n) is 5.81. The van der Waals surface area contributed by atoms with E-state index in [2.05, 4.69) is 70.7 Å². The van der Waals surface area contributed by atoms with Crippen molar-refractivity contribution in [1.82, 2.24) is 4.90 Å². The first-order chi connectivity index (χ1) is 11.7. The van der Waals surface area contributed by atoms with E-state index in [4.69, 9.17) is 4.74 Å². The molecule has 1 unspecified atom stereocenters. The Balaban J connectivity index is 1.56. The van der Waals surface area contributed by atoms with Crippen LogP contribution in [0.4, 0.5) is 0 Å². The maximum absolute atomic E-state index is 6.53. The molecule has 0 amide bonds. The van der Waals surface area contributed by atoms with Crippen LogP contribution in [-0.4, -0.2) is 29.6 Å². The normalized spacial score (nSPS) is 41.6. The summed E-state index contributed by atoms with van der Waals surface area (Å²) in [6, 6.07) is 9.86. The summed E-state index contributed by atoms with van der Waals surface area (Å²) < 4.78 is 6.53. The van der Waals surface area contributed by atoms with E-state index in [1.54, 1.807) is 0 Å². The van der Waals surface area contributed by atoms with Crippen molar-refractivity contribution in [2.45, 2.75) is 83.5 Å². The molecule has 1 aromatic carbocycles. The number of piperidine rings is 1. The molecule has 2 heterocycles. The van der Waals surface area contributed by atoms with Gasteiger partial charge in [-0.15, -0.1) is 0 Å². The van der Waals surface area contributed by atoms with Gasteiger partial charge in [0.2, 0.25) is 0 Å². The highest BCUT2D eigenvalue weighted by molar-refractivity contribution is 5.40. The number of benzene rings is 1. The van der Waals surface area contributed by atoms with Crippen LogP contribution >= 0.6 is 0 Å². The van der Waals surface area contributed by atoms with Gasteiger partial charge in [-0.2, -0.15) is 0 Å². The Labute approximate surface area is 153 Å². The Bertz CT molecular complexity index is 631. The van der Waals surface area contributed by atoms with Crippen LogP contribution in [0.25, 0.3) is 0 Å². The third-order valence-electron chi connectivity index (χ3n) is 7.11. The number of likely N-dealkylation sites (tertiary alicyclic amines) is 1. The fourth-order valence-corrected chi connectivity index (χ4v) is 5.81. The summed E-state index contributed by atoms with van der Waals surface area (Å²) in [5.74, 6) is 1.62. The molecule has 0 radical (unpaired) electrons. The lowest BCUT2D eigenvalue weighted by atomic mass is 9.83. The first-order valence-corrected chi connectivity index (χ1v) is 10.2. The lowest BCUT2D eigenvalue weighted by molar-refractivity contribution is 0.0464. The van der Waals surface area contributed by atoms with Gasteiger partial charge in [0.05, 0.1) is 0 Å². The Hall–Kier alpha value is -0.860. The van der Waals surface area contributed by atoms with Gasteiger partial charge in [-0.25, -0.2) is 0 Å². The third-order valence-corrected chi connectivity index (χ3v) is 7.11. The summed E-state index contributed by atoms with van der Waals surface area (Å²) in [5.41, 5.74) is 2.99. The zero-order valence-corrected chi connectivity index (χ0v) is 16.9. The minimum atomic E-state index is -0.0298. The van der Waals surface area contributed by atoms with Gasteiger partial charge >= 0.3 is 0 Å². The summed E-state index contributed by atoms with van der Waals surface area (Å²) in [6.07, 6.45) is 3.82. The van der Waals surface area contributed by atoms with E-state index in [0.717, 1.165) is 11.8 Å². The van der Waals surface area contributed by atoms with Crippen molar-refractivity contribution in [2.24, 2.45) is 11.8 Å². The maximum Gasteiger partial charge on any atom is 0.124 e. The van der Waals surface area contributed by atoms with E-state index >= 15 is 0 Å². The van der Waals surface area contributed by atoms with Gasteiger partial charge in [0, 0.05) is 19.1 Å². The summed E-state index contributed by atoms with van der Waals surface area (Å²) in [5, 5.41) is 0. The Morgan fingerprint density at radius 1 is 1.04 bits per heavy atom. The van der Waals surface area contributed by atoms with Crippen molar-refractivity contribution in [3.63, 3.8) is 0 Å². The zero-order chi connectivity index (χ0) is 18.0. The molecule has 1 saturated carbocycles. The predicted molar refractivity (Wildman–Crippen MR) is 104 cm³/mol. The zero-order valence-electron chi connectivity index (χ0n) is 16.9. The first kappa shape index (κ1) is 17.5. The maximum atomic E-state index is 6.53. The molecular formula is C23H35NO. The molecule has 25 heavy (non-hydrogen) atoms. The molecule has 3 fully saturated rings. The molecule has 2 heteroatoms. The van der Waals surface area contributed by atoms with Crippen LogP contribution in [0.2, 0.25) is 0 Å². The van der Waals surface area contributed by atoms with Crippen molar-refractivity contribution in [2.75, 3.05) is 13.1 Å². The summed E-state index contributed by atoms with van der Waals surface area (Å²) in [4.78, 5) is 2.75. The van der Waals surface area contributed by atoms with Crippen LogP contribution in [0.15, 0.2) is 24.3 Å². The minimum absolute atomic E-state index is 0.00697. The van der Waals surface area contributed by atoms with Gasteiger partial charge in [-0.3, -0.25) is 4.90 Å². The van der Waals surface area contributed by atoms with Crippen LogP contribution in [0.1, 0.15) is 71.9 Å². The smallest absolute Gasteiger partial charge is 0.124 e. The molecule has 0 spiro atoms. The van der Waals surface area contributed by atoms with E-state index in [-0.39, 0.29) is 16.6 Å². The average molecular weight is 342 g/mol. The van der Waals surface area contributed by atoms with Gasteiger partial charge in [0.1, 0.15) is 11.2 Å². The van der Waals surface area contributed by atoms with Crippen LogP contribution in [-0.2, 0) is 15.8 Å². The standard InChI is InChI=1S/C23H35NO/c1-16-13-17(2)15-24(14-16)20-11-12-23(22(20,6)25-23)19-9-7-18(8-10-19)21(3,4)5/h7-10,16-17,20H,11-15H2,1-6H3/t16-,17?,20+,22+,23+/m1/s1. The van der Waals surface area contributed by atoms with E-state index < -0.39 is 0 Å². The molecule has 2 aliphatic heterocycles. The average Bonchev–Trinajstić information content (AvgIpc) is 3.02. The molecule has 4 rings (SSSR count). The largest absolute Gasteiger partial charge is 0.356 e. The summed E-state index contributed by atoms with van der Waals surface area (Å²) in [6.45, 7) is 16.5. The second kappa shape index (κ2) is 5.57. The summed E-state index contributed by atoms with van der Waals surface area (Å²) in [7, 11) is 0. The van der Waals surface area contributed by atoms with Crippen LogP contribution in [0, 0.1) is 11.8 Å². The van der Waals surface area contributed by atoms with Crippen molar-refractivity contribution in [3.05, 3.63) is 35.4 Å². The minimum Gasteiger partial charge on any atom is -0.356 e. The molecule has 1 aromatic rings. The topological polar surface area (TPSA) is 15.8 Å². The molecule has 3 aliphatic rings. The van der Waals surface area contributed by atoms with E-state index in [0.29, 0.717) is 6.04 Å². The Kier molecular flexibility index (Phi) is 3.91. The fraction of sp³-hybridized carbons (Fsp3) is 0.739. The van der Waals surface area contributed by atoms with E-state index in [9.17, 15) is 0 Å². The van der Waals surface area contributed by atoms with E-state index in [1.165, 1.54) is 43.5 Å². The van der Waals surface area contributed by atoms with Gasteiger partial charge < -0.3 is 4.74 Å². The quantitative estimate of drug-likeness (QED) is 0.695.